The van der Waals surface area contributed by atoms with E-state index in [1.54, 1.807) is 0 Å². The smallest absolute Gasteiger partial charge is 0.0297 e. The molecule has 0 amide bonds. The van der Waals surface area contributed by atoms with Crippen molar-refractivity contribution in [1.29, 1.82) is 0 Å². The SMILES string of the molecule is CC1(C)CSCC(C)(C)SS1. The highest BCUT2D eigenvalue weighted by atomic mass is 33.1. The standard InChI is InChI=1S/C8H16S3/c1-7(2)5-9-6-8(3,4)11-10-7/h5-6H2,1-4H3. The highest BCUT2D eigenvalue weighted by molar-refractivity contribution is 8.77. The second-order valence-electron chi connectivity index (χ2n) is 4.18. The Morgan fingerprint density at radius 3 is 1.55 bits per heavy atom. The highest BCUT2D eigenvalue weighted by Crippen LogP contribution is 2.49. The monoisotopic (exact) mass is 208 g/mol. The molecule has 1 aliphatic heterocycles. The summed E-state index contributed by atoms with van der Waals surface area (Å²) < 4.78 is 0.923. The van der Waals surface area contributed by atoms with Crippen molar-refractivity contribution in [2.24, 2.45) is 0 Å². The molecular weight excluding hydrogens is 192 g/mol. The van der Waals surface area contributed by atoms with Gasteiger partial charge in [-0.25, -0.2) is 0 Å². The van der Waals surface area contributed by atoms with Crippen LogP contribution in [0.4, 0.5) is 0 Å². The maximum atomic E-state index is 2.33. The van der Waals surface area contributed by atoms with Crippen molar-refractivity contribution in [3.05, 3.63) is 0 Å². The lowest BCUT2D eigenvalue weighted by Gasteiger charge is -2.22. The van der Waals surface area contributed by atoms with Gasteiger partial charge < -0.3 is 0 Å². The van der Waals surface area contributed by atoms with E-state index in [2.05, 4.69) is 39.5 Å². The normalized spacial score (nSPS) is 29.5. The molecule has 0 bridgehead atoms. The molecule has 0 unspecified atom stereocenters. The van der Waals surface area contributed by atoms with Crippen molar-refractivity contribution >= 4 is 33.3 Å². The summed E-state index contributed by atoms with van der Waals surface area (Å²) in [7, 11) is 4.09. The lowest BCUT2D eigenvalue weighted by atomic mass is 10.2. The van der Waals surface area contributed by atoms with Crippen LogP contribution in [0.15, 0.2) is 0 Å². The fourth-order valence-electron chi connectivity index (χ4n) is 0.816. The summed E-state index contributed by atoms with van der Waals surface area (Å²) in [5, 5.41) is 0. The summed E-state index contributed by atoms with van der Waals surface area (Å²) in [5.74, 6) is 2.57. The zero-order valence-electron chi connectivity index (χ0n) is 7.64. The van der Waals surface area contributed by atoms with Crippen molar-refractivity contribution in [2.75, 3.05) is 11.5 Å². The molecule has 0 radical (unpaired) electrons. The summed E-state index contributed by atoms with van der Waals surface area (Å²) in [6.07, 6.45) is 0. The molecule has 66 valence electrons. The van der Waals surface area contributed by atoms with E-state index in [4.69, 9.17) is 0 Å². The molecule has 1 saturated heterocycles. The van der Waals surface area contributed by atoms with Gasteiger partial charge in [-0.15, -0.1) is 0 Å². The first-order valence-corrected chi connectivity index (χ1v) is 7.16. The summed E-state index contributed by atoms with van der Waals surface area (Å²) >= 11 is 2.09. The van der Waals surface area contributed by atoms with Crippen LogP contribution in [0.3, 0.4) is 0 Å². The maximum Gasteiger partial charge on any atom is 0.0297 e. The largest absolute Gasteiger partial charge is 0.159 e. The van der Waals surface area contributed by atoms with E-state index in [-0.39, 0.29) is 0 Å². The minimum absolute atomic E-state index is 0.461. The van der Waals surface area contributed by atoms with Crippen LogP contribution in [0.1, 0.15) is 27.7 Å². The lowest BCUT2D eigenvalue weighted by molar-refractivity contribution is 0.814. The second-order valence-corrected chi connectivity index (χ2v) is 8.71. The van der Waals surface area contributed by atoms with Gasteiger partial charge in [-0.05, 0) is 27.7 Å². The Hall–Kier alpha value is 1.05. The topological polar surface area (TPSA) is 0 Å². The molecule has 1 rings (SSSR count). The fourth-order valence-corrected chi connectivity index (χ4v) is 5.46. The van der Waals surface area contributed by atoms with E-state index in [1.807, 2.05) is 21.6 Å². The van der Waals surface area contributed by atoms with Gasteiger partial charge in [0, 0.05) is 21.0 Å². The van der Waals surface area contributed by atoms with E-state index in [1.165, 1.54) is 11.5 Å². The molecule has 0 aliphatic carbocycles. The van der Waals surface area contributed by atoms with E-state index < -0.39 is 0 Å². The molecule has 0 N–H and O–H groups in total. The number of hydrogen-bond acceptors (Lipinski definition) is 3. The minimum Gasteiger partial charge on any atom is -0.159 e. The number of hydrogen-bond donors (Lipinski definition) is 0. The van der Waals surface area contributed by atoms with Crippen LogP contribution >= 0.6 is 33.3 Å². The van der Waals surface area contributed by atoms with Crippen LogP contribution in [-0.2, 0) is 0 Å². The zero-order chi connectivity index (χ0) is 8.54. The molecule has 1 fully saturated rings. The van der Waals surface area contributed by atoms with E-state index >= 15 is 0 Å². The molecule has 0 saturated carbocycles. The van der Waals surface area contributed by atoms with E-state index in [0.29, 0.717) is 9.49 Å². The Balaban J connectivity index is 2.53. The Labute approximate surface area is 82.1 Å². The Bertz CT molecular complexity index is 124. The van der Waals surface area contributed by atoms with Crippen molar-refractivity contribution in [3.8, 4) is 0 Å². The van der Waals surface area contributed by atoms with Crippen LogP contribution in [0, 0.1) is 0 Å². The number of thioether (sulfide) groups is 1. The summed E-state index contributed by atoms with van der Waals surface area (Å²) in [4.78, 5) is 0. The molecule has 0 atom stereocenters. The van der Waals surface area contributed by atoms with Crippen molar-refractivity contribution in [2.45, 2.75) is 37.2 Å². The van der Waals surface area contributed by atoms with Gasteiger partial charge in [0.05, 0.1) is 0 Å². The van der Waals surface area contributed by atoms with E-state index in [0.717, 1.165) is 0 Å². The molecule has 1 heterocycles. The second kappa shape index (κ2) is 3.43. The molecule has 0 aromatic rings. The van der Waals surface area contributed by atoms with Crippen LogP contribution in [-0.4, -0.2) is 21.0 Å². The van der Waals surface area contributed by atoms with Crippen molar-refractivity contribution in [1.82, 2.24) is 0 Å². The first-order valence-electron chi connectivity index (χ1n) is 3.86. The van der Waals surface area contributed by atoms with Gasteiger partial charge in [0.15, 0.2) is 0 Å². The fraction of sp³-hybridized carbons (Fsp3) is 1.00. The van der Waals surface area contributed by atoms with Crippen LogP contribution in [0.5, 0.6) is 0 Å². The maximum absolute atomic E-state index is 2.33. The minimum atomic E-state index is 0.461. The van der Waals surface area contributed by atoms with Gasteiger partial charge >= 0.3 is 0 Å². The van der Waals surface area contributed by atoms with E-state index in [9.17, 15) is 0 Å². The average molecular weight is 208 g/mol. The Kier molecular flexibility index (Phi) is 3.16. The van der Waals surface area contributed by atoms with Crippen molar-refractivity contribution < 1.29 is 0 Å². The van der Waals surface area contributed by atoms with Gasteiger partial charge in [0.1, 0.15) is 0 Å². The average Bonchev–Trinajstić information content (AvgIpc) is 1.92. The number of rotatable bonds is 0. The van der Waals surface area contributed by atoms with Gasteiger partial charge in [-0.2, -0.15) is 11.8 Å². The molecule has 1 aliphatic rings. The molecule has 11 heavy (non-hydrogen) atoms. The van der Waals surface area contributed by atoms with Gasteiger partial charge in [-0.1, -0.05) is 21.6 Å². The predicted molar refractivity (Wildman–Crippen MR) is 60.7 cm³/mol. The van der Waals surface area contributed by atoms with Gasteiger partial charge in [0.2, 0.25) is 0 Å². The quantitative estimate of drug-likeness (QED) is 0.558. The molecule has 0 nitrogen and oxygen atoms in total. The third-order valence-corrected chi connectivity index (χ3v) is 7.84. The Morgan fingerprint density at radius 2 is 1.18 bits per heavy atom. The van der Waals surface area contributed by atoms with Crippen LogP contribution in [0.25, 0.3) is 0 Å². The third kappa shape index (κ3) is 3.51. The summed E-state index contributed by atoms with van der Waals surface area (Å²) in [5.41, 5.74) is 0. The third-order valence-electron chi connectivity index (χ3n) is 1.39. The lowest BCUT2D eigenvalue weighted by Crippen LogP contribution is -2.15. The first-order chi connectivity index (χ1) is 4.91. The first kappa shape index (κ1) is 10.1. The van der Waals surface area contributed by atoms with Crippen molar-refractivity contribution in [3.63, 3.8) is 0 Å². The molecule has 0 aromatic carbocycles. The molecule has 3 heteroatoms. The predicted octanol–water partition coefficient (Wildman–Crippen LogP) is 3.67. The highest BCUT2D eigenvalue weighted by Gasteiger charge is 2.30. The van der Waals surface area contributed by atoms with Gasteiger partial charge in [-0.3, -0.25) is 0 Å². The van der Waals surface area contributed by atoms with Crippen LogP contribution in [0.2, 0.25) is 0 Å². The molecule has 0 spiro atoms. The summed E-state index contributed by atoms with van der Waals surface area (Å²) in [6, 6.07) is 0. The summed E-state index contributed by atoms with van der Waals surface area (Å²) in [6.45, 7) is 9.33. The Morgan fingerprint density at radius 1 is 0.818 bits per heavy atom. The molecule has 0 aromatic heterocycles. The van der Waals surface area contributed by atoms with Crippen LogP contribution < -0.4 is 0 Å². The zero-order valence-corrected chi connectivity index (χ0v) is 10.1. The molecular formula is C8H16S3. The van der Waals surface area contributed by atoms with Gasteiger partial charge in [0.25, 0.3) is 0 Å².